The summed E-state index contributed by atoms with van der Waals surface area (Å²) in [4.78, 5) is 14.5. The van der Waals surface area contributed by atoms with Crippen molar-refractivity contribution in [2.45, 2.75) is 26.7 Å². The molecule has 1 N–H and O–H groups in total. The predicted octanol–water partition coefficient (Wildman–Crippen LogP) is 2.65. The Bertz CT molecular complexity index is 672. The number of likely N-dealkylation sites (N-methyl/N-ethyl adjacent to an activating group) is 1. The summed E-state index contributed by atoms with van der Waals surface area (Å²) in [6.45, 7) is 15.6. The summed E-state index contributed by atoms with van der Waals surface area (Å²) >= 11 is 0. The SMILES string of the molecule is CN=C(NCCCN1CCCN(C)CC1)N1CCN(c2cccc(C)c2C)CC1.I. The van der Waals surface area contributed by atoms with E-state index in [9.17, 15) is 0 Å². The second-order valence-electron chi connectivity index (χ2n) is 8.52. The largest absolute Gasteiger partial charge is 0.368 e. The van der Waals surface area contributed by atoms with E-state index in [1.165, 1.54) is 62.4 Å². The van der Waals surface area contributed by atoms with E-state index in [1.807, 2.05) is 7.05 Å². The molecule has 0 unspecified atom stereocenters. The number of nitrogens with one attached hydrogen (secondary N) is 1. The zero-order valence-corrected chi connectivity index (χ0v) is 21.7. The lowest BCUT2D eigenvalue weighted by Crippen LogP contribution is -2.53. The molecule has 0 aromatic heterocycles. The number of aliphatic imine (C=N–C) groups is 1. The van der Waals surface area contributed by atoms with Crippen molar-refractivity contribution < 1.29 is 0 Å². The molecular weight excluding hydrogens is 487 g/mol. The minimum Gasteiger partial charge on any atom is -0.368 e. The van der Waals surface area contributed by atoms with Gasteiger partial charge in [0.25, 0.3) is 0 Å². The highest BCUT2D eigenvalue weighted by Gasteiger charge is 2.21. The summed E-state index contributed by atoms with van der Waals surface area (Å²) in [5.41, 5.74) is 4.16. The third-order valence-electron chi connectivity index (χ3n) is 6.45. The quantitative estimate of drug-likeness (QED) is 0.276. The van der Waals surface area contributed by atoms with Gasteiger partial charge in [0.15, 0.2) is 5.96 Å². The van der Waals surface area contributed by atoms with Crippen LogP contribution in [0.2, 0.25) is 0 Å². The van der Waals surface area contributed by atoms with Crippen LogP contribution in [0.25, 0.3) is 0 Å². The Morgan fingerprint density at radius 1 is 1.00 bits per heavy atom. The Morgan fingerprint density at radius 2 is 1.77 bits per heavy atom. The Balaban J connectivity index is 0.00000320. The van der Waals surface area contributed by atoms with E-state index in [4.69, 9.17) is 0 Å². The second kappa shape index (κ2) is 12.7. The summed E-state index contributed by atoms with van der Waals surface area (Å²) in [6.07, 6.45) is 2.46. The van der Waals surface area contributed by atoms with Gasteiger partial charge in [-0.3, -0.25) is 4.99 Å². The zero-order chi connectivity index (χ0) is 20.6. The summed E-state index contributed by atoms with van der Waals surface area (Å²) in [5, 5.41) is 3.60. The van der Waals surface area contributed by atoms with Gasteiger partial charge < -0.3 is 24.9 Å². The van der Waals surface area contributed by atoms with Crippen LogP contribution < -0.4 is 10.2 Å². The standard InChI is InChI=1S/C23H40N6.HI/c1-20-8-5-9-22(21(20)2)28-16-18-29(19-17-28)23(24-3)25-10-6-12-27-13-7-11-26(4)14-15-27;/h5,8-9H,6-7,10-19H2,1-4H3,(H,24,25);1H. The molecule has 1 aromatic carbocycles. The summed E-state index contributed by atoms with van der Waals surface area (Å²) in [7, 11) is 4.14. The van der Waals surface area contributed by atoms with E-state index in [-0.39, 0.29) is 24.0 Å². The number of hydrogen-bond acceptors (Lipinski definition) is 4. The van der Waals surface area contributed by atoms with Crippen molar-refractivity contribution in [3.63, 3.8) is 0 Å². The maximum absolute atomic E-state index is 4.54. The number of piperazine rings is 1. The Labute approximate surface area is 200 Å². The van der Waals surface area contributed by atoms with Crippen molar-refractivity contribution in [1.29, 1.82) is 0 Å². The molecular formula is C23H41IN6. The average molecular weight is 529 g/mol. The van der Waals surface area contributed by atoms with Crippen LogP contribution in [0.5, 0.6) is 0 Å². The maximum atomic E-state index is 4.54. The van der Waals surface area contributed by atoms with Crippen molar-refractivity contribution in [3.05, 3.63) is 29.3 Å². The first-order chi connectivity index (χ1) is 14.1. The van der Waals surface area contributed by atoms with Crippen molar-refractivity contribution in [1.82, 2.24) is 20.0 Å². The van der Waals surface area contributed by atoms with Gasteiger partial charge in [0.2, 0.25) is 0 Å². The van der Waals surface area contributed by atoms with Crippen LogP contribution in [0.15, 0.2) is 23.2 Å². The Morgan fingerprint density at radius 3 is 2.50 bits per heavy atom. The molecule has 2 fully saturated rings. The molecule has 0 aliphatic carbocycles. The first-order valence-corrected chi connectivity index (χ1v) is 11.3. The molecule has 1 aromatic rings. The minimum atomic E-state index is 0. The first kappa shape index (κ1) is 25.2. The van der Waals surface area contributed by atoms with E-state index < -0.39 is 0 Å². The molecule has 0 atom stereocenters. The molecule has 170 valence electrons. The molecule has 2 aliphatic rings. The highest BCUT2D eigenvalue weighted by atomic mass is 127. The van der Waals surface area contributed by atoms with Crippen LogP contribution in [0.1, 0.15) is 24.0 Å². The Kier molecular flexibility index (Phi) is 10.7. The van der Waals surface area contributed by atoms with Crippen LogP contribution in [-0.4, -0.2) is 100 Å². The summed E-state index contributed by atoms with van der Waals surface area (Å²) in [6, 6.07) is 6.63. The Hall–Kier alpha value is -1.06. The third kappa shape index (κ3) is 6.99. The second-order valence-corrected chi connectivity index (χ2v) is 8.52. The van der Waals surface area contributed by atoms with Gasteiger partial charge in [-0.05, 0) is 70.6 Å². The summed E-state index contributed by atoms with van der Waals surface area (Å²) in [5.74, 6) is 1.06. The molecule has 2 aliphatic heterocycles. The smallest absolute Gasteiger partial charge is 0.193 e. The van der Waals surface area contributed by atoms with Crippen LogP contribution in [0.3, 0.4) is 0 Å². The highest BCUT2D eigenvalue weighted by Crippen LogP contribution is 2.23. The number of hydrogen-bond donors (Lipinski definition) is 1. The van der Waals surface area contributed by atoms with E-state index in [2.05, 4.69) is 69.0 Å². The van der Waals surface area contributed by atoms with Crippen molar-refractivity contribution in [2.75, 3.05) is 84.4 Å². The number of guanidine groups is 1. The van der Waals surface area contributed by atoms with Gasteiger partial charge in [-0.1, -0.05) is 12.1 Å². The van der Waals surface area contributed by atoms with Crippen LogP contribution in [0, 0.1) is 13.8 Å². The van der Waals surface area contributed by atoms with Gasteiger partial charge in [-0.15, -0.1) is 24.0 Å². The monoisotopic (exact) mass is 528 g/mol. The topological polar surface area (TPSA) is 37.4 Å². The van der Waals surface area contributed by atoms with Gasteiger partial charge in [-0.25, -0.2) is 0 Å². The predicted molar refractivity (Wildman–Crippen MR) is 140 cm³/mol. The minimum absolute atomic E-state index is 0. The van der Waals surface area contributed by atoms with Crippen LogP contribution in [0.4, 0.5) is 5.69 Å². The van der Waals surface area contributed by atoms with E-state index >= 15 is 0 Å². The first-order valence-electron chi connectivity index (χ1n) is 11.3. The molecule has 0 radical (unpaired) electrons. The van der Waals surface area contributed by atoms with Gasteiger partial charge >= 0.3 is 0 Å². The molecule has 6 nitrogen and oxygen atoms in total. The summed E-state index contributed by atoms with van der Waals surface area (Å²) < 4.78 is 0. The zero-order valence-electron chi connectivity index (χ0n) is 19.4. The van der Waals surface area contributed by atoms with Gasteiger partial charge in [0.1, 0.15) is 0 Å². The molecule has 2 saturated heterocycles. The van der Waals surface area contributed by atoms with E-state index in [1.54, 1.807) is 0 Å². The van der Waals surface area contributed by atoms with Crippen molar-refractivity contribution in [3.8, 4) is 0 Å². The number of anilines is 1. The lowest BCUT2D eigenvalue weighted by Gasteiger charge is -2.38. The molecule has 7 heteroatoms. The molecule has 30 heavy (non-hydrogen) atoms. The van der Waals surface area contributed by atoms with Crippen LogP contribution in [-0.2, 0) is 0 Å². The number of nitrogens with zero attached hydrogens (tertiary/aromatic N) is 5. The van der Waals surface area contributed by atoms with Gasteiger partial charge in [-0.2, -0.15) is 0 Å². The maximum Gasteiger partial charge on any atom is 0.193 e. The number of halogens is 1. The molecule has 0 amide bonds. The third-order valence-corrected chi connectivity index (χ3v) is 6.45. The number of rotatable bonds is 5. The fraction of sp³-hybridized carbons (Fsp3) is 0.696. The van der Waals surface area contributed by atoms with Gasteiger partial charge in [0.05, 0.1) is 0 Å². The molecule has 0 saturated carbocycles. The highest BCUT2D eigenvalue weighted by molar-refractivity contribution is 14.0. The molecule has 0 spiro atoms. The lowest BCUT2D eigenvalue weighted by atomic mass is 10.1. The number of benzene rings is 1. The van der Waals surface area contributed by atoms with Gasteiger partial charge in [0, 0.05) is 58.5 Å². The van der Waals surface area contributed by atoms with Crippen molar-refractivity contribution >= 4 is 35.6 Å². The molecule has 0 bridgehead atoms. The fourth-order valence-electron chi connectivity index (χ4n) is 4.40. The van der Waals surface area contributed by atoms with E-state index in [0.717, 1.165) is 38.7 Å². The lowest BCUT2D eigenvalue weighted by molar-refractivity contribution is 0.273. The molecule has 3 rings (SSSR count). The fourth-order valence-corrected chi connectivity index (χ4v) is 4.40. The number of aryl methyl sites for hydroxylation is 1. The van der Waals surface area contributed by atoms with Crippen LogP contribution >= 0.6 is 24.0 Å². The molecule has 2 heterocycles. The normalized spacial score (nSPS) is 19.4. The van der Waals surface area contributed by atoms with E-state index in [0.29, 0.717) is 0 Å². The van der Waals surface area contributed by atoms with Crippen molar-refractivity contribution in [2.24, 2.45) is 4.99 Å². The average Bonchev–Trinajstić information content (AvgIpc) is 2.94.